The van der Waals surface area contributed by atoms with Crippen molar-refractivity contribution in [3.05, 3.63) is 93.7 Å². The minimum Gasteiger partial charge on any atom is -0.383 e. The van der Waals surface area contributed by atoms with Crippen molar-refractivity contribution in [2.24, 2.45) is 0 Å². The summed E-state index contributed by atoms with van der Waals surface area (Å²) in [5, 5.41) is 0. The Morgan fingerprint density at radius 1 is 1.03 bits per heavy atom. The highest BCUT2D eigenvalue weighted by Crippen LogP contribution is 2.22. The number of hydrogen-bond acceptors (Lipinski definition) is 3. The van der Waals surface area contributed by atoms with E-state index in [0.29, 0.717) is 29.7 Å². The molecule has 0 saturated carbocycles. The second-order valence-electron chi connectivity index (χ2n) is 9.97. The average molecular weight is 555 g/mol. The first-order chi connectivity index (χ1) is 17.1. The molecule has 0 aliphatic heterocycles. The quantitative estimate of drug-likeness (QED) is 0.332. The van der Waals surface area contributed by atoms with Crippen molar-refractivity contribution in [3.63, 3.8) is 0 Å². The molecule has 3 rings (SSSR count). The van der Waals surface area contributed by atoms with Crippen LogP contribution in [0, 0.1) is 6.92 Å². The Hall–Kier alpha value is -2.90. The first-order valence-corrected chi connectivity index (χ1v) is 12.9. The minimum atomic E-state index is -0.432. The van der Waals surface area contributed by atoms with Gasteiger partial charge in [-0.2, -0.15) is 0 Å². The monoisotopic (exact) mass is 553 g/mol. The predicted octanol–water partition coefficient (Wildman–Crippen LogP) is 5.52. The minimum absolute atomic E-state index is 0.0284. The lowest BCUT2D eigenvalue weighted by Crippen LogP contribution is -2.50. The number of rotatable bonds is 10. The Balaban J connectivity index is 1.82. The third-order valence-corrected chi connectivity index (χ3v) is 6.76. The van der Waals surface area contributed by atoms with Gasteiger partial charge < -0.3 is 19.1 Å². The summed E-state index contributed by atoms with van der Waals surface area (Å²) in [6.07, 6.45) is 2.05. The Kier molecular flexibility index (Phi) is 9.51. The number of halogens is 1. The molecule has 0 radical (unpaired) electrons. The molecule has 0 aliphatic carbocycles. The summed E-state index contributed by atoms with van der Waals surface area (Å²) in [5.74, 6) is -0.313. The average Bonchev–Trinajstić information content (AvgIpc) is 3.25. The van der Waals surface area contributed by atoms with Crippen molar-refractivity contribution >= 4 is 27.7 Å². The van der Waals surface area contributed by atoms with Crippen LogP contribution in [-0.4, -0.2) is 58.5 Å². The zero-order valence-corrected chi connectivity index (χ0v) is 23.4. The molecule has 6 nitrogen and oxygen atoms in total. The number of methoxy groups -OCH3 is 1. The second kappa shape index (κ2) is 12.4. The largest absolute Gasteiger partial charge is 0.383 e. The summed E-state index contributed by atoms with van der Waals surface area (Å²) < 4.78 is 8.11. The van der Waals surface area contributed by atoms with Gasteiger partial charge in [0, 0.05) is 42.1 Å². The van der Waals surface area contributed by atoms with E-state index in [2.05, 4.69) is 57.8 Å². The lowest BCUT2D eigenvalue weighted by atomic mass is 10.0. The van der Waals surface area contributed by atoms with Crippen molar-refractivity contribution in [2.45, 2.75) is 46.3 Å². The van der Waals surface area contributed by atoms with E-state index in [-0.39, 0.29) is 18.4 Å². The Morgan fingerprint density at radius 2 is 1.78 bits per heavy atom. The zero-order chi connectivity index (χ0) is 26.3. The van der Waals surface area contributed by atoms with Crippen molar-refractivity contribution in [1.29, 1.82) is 0 Å². The van der Waals surface area contributed by atoms with Gasteiger partial charge in [0.05, 0.1) is 18.7 Å². The van der Waals surface area contributed by atoms with E-state index in [1.165, 1.54) is 11.1 Å². The van der Waals surface area contributed by atoms with Crippen LogP contribution in [0.5, 0.6) is 0 Å². The van der Waals surface area contributed by atoms with Crippen molar-refractivity contribution in [2.75, 3.05) is 26.8 Å². The van der Waals surface area contributed by atoms with E-state index in [1.54, 1.807) is 18.1 Å². The van der Waals surface area contributed by atoms with Gasteiger partial charge in [-0.1, -0.05) is 42.0 Å². The number of carbonyl (C=O) groups excluding carboxylic acids is 2. The topological polar surface area (TPSA) is 54.8 Å². The molecule has 0 fully saturated rings. The molecule has 0 unspecified atom stereocenters. The Labute approximate surface area is 223 Å². The summed E-state index contributed by atoms with van der Waals surface area (Å²) >= 11 is 3.46. The van der Waals surface area contributed by atoms with Crippen LogP contribution in [-0.2, 0) is 22.6 Å². The standard InChI is InChI=1S/C29H36BrN3O3/c1-22-10-8-11-23(18-22)19-31-15-9-12-24(31)20-33(29(2,3)4)27(34)21-32(16-17-36-5)28(35)25-13-6-7-14-26(25)30/h6-15,18H,16-17,19-21H2,1-5H3. The molecule has 0 atom stereocenters. The fourth-order valence-corrected chi connectivity index (χ4v) is 4.58. The van der Waals surface area contributed by atoms with Crippen LogP contribution in [0.1, 0.15) is 48.0 Å². The highest BCUT2D eigenvalue weighted by Gasteiger charge is 2.30. The lowest BCUT2D eigenvalue weighted by Gasteiger charge is -2.37. The Morgan fingerprint density at radius 3 is 2.44 bits per heavy atom. The molecule has 0 aliphatic rings. The molecule has 3 aromatic rings. The van der Waals surface area contributed by atoms with Gasteiger partial charge in [0.1, 0.15) is 6.54 Å². The van der Waals surface area contributed by atoms with Crippen LogP contribution in [0.25, 0.3) is 0 Å². The van der Waals surface area contributed by atoms with Crippen molar-refractivity contribution in [3.8, 4) is 0 Å². The molecule has 1 heterocycles. The van der Waals surface area contributed by atoms with Gasteiger partial charge in [0.2, 0.25) is 5.91 Å². The van der Waals surface area contributed by atoms with E-state index in [1.807, 2.05) is 56.1 Å². The fraction of sp³-hybridized carbons (Fsp3) is 0.379. The molecule has 7 heteroatoms. The fourth-order valence-electron chi connectivity index (χ4n) is 4.12. The van der Waals surface area contributed by atoms with Crippen LogP contribution in [0.2, 0.25) is 0 Å². The number of aryl methyl sites for hydroxylation is 1. The number of carbonyl (C=O) groups is 2. The molecule has 0 saturated heterocycles. The second-order valence-corrected chi connectivity index (χ2v) is 10.8. The first kappa shape index (κ1) is 27.7. The van der Waals surface area contributed by atoms with Gasteiger partial charge in [-0.15, -0.1) is 0 Å². The molecule has 36 heavy (non-hydrogen) atoms. The summed E-state index contributed by atoms with van der Waals surface area (Å²) in [5.41, 5.74) is 3.57. The molecule has 0 N–H and O–H groups in total. The number of amides is 2. The van der Waals surface area contributed by atoms with E-state index in [4.69, 9.17) is 4.74 Å². The molecule has 0 bridgehead atoms. The van der Waals surface area contributed by atoms with Gasteiger partial charge in [-0.25, -0.2) is 0 Å². The Bertz CT molecular complexity index is 1180. The van der Waals surface area contributed by atoms with Crippen LogP contribution in [0.3, 0.4) is 0 Å². The lowest BCUT2D eigenvalue weighted by molar-refractivity contribution is -0.137. The van der Waals surface area contributed by atoms with E-state index < -0.39 is 5.54 Å². The number of benzene rings is 2. The molecular weight excluding hydrogens is 518 g/mol. The third-order valence-electron chi connectivity index (χ3n) is 6.07. The summed E-state index contributed by atoms with van der Waals surface area (Å²) in [7, 11) is 1.59. The highest BCUT2D eigenvalue weighted by molar-refractivity contribution is 9.10. The van der Waals surface area contributed by atoms with E-state index in [9.17, 15) is 9.59 Å². The molecule has 2 aromatic carbocycles. The van der Waals surface area contributed by atoms with E-state index >= 15 is 0 Å². The molecule has 192 valence electrons. The summed E-state index contributed by atoms with van der Waals surface area (Å²) in [4.78, 5) is 30.5. The first-order valence-electron chi connectivity index (χ1n) is 12.1. The van der Waals surface area contributed by atoms with Gasteiger partial charge in [0.25, 0.3) is 5.91 Å². The third kappa shape index (κ3) is 7.31. The smallest absolute Gasteiger partial charge is 0.255 e. The molecular formula is C29H36BrN3O3. The highest BCUT2D eigenvalue weighted by atomic mass is 79.9. The van der Waals surface area contributed by atoms with Crippen molar-refractivity contribution < 1.29 is 14.3 Å². The number of ether oxygens (including phenoxy) is 1. The summed E-state index contributed by atoms with van der Waals surface area (Å²) in [6, 6.07) is 19.8. The van der Waals surface area contributed by atoms with Crippen LogP contribution >= 0.6 is 15.9 Å². The van der Waals surface area contributed by atoms with Gasteiger partial charge in [0.15, 0.2) is 0 Å². The van der Waals surface area contributed by atoms with Crippen LogP contribution in [0.15, 0.2) is 71.3 Å². The SMILES string of the molecule is COCCN(CC(=O)N(Cc1cccn1Cc1cccc(C)c1)C(C)(C)C)C(=O)c1ccccc1Br. The van der Waals surface area contributed by atoms with E-state index in [0.717, 1.165) is 12.2 Å². The summed E-state index contributed by atoms with van der Waals surface area (Å²) in [6.45, 7) is 9.97. The van der Waals surface area contributed by atoms with Gasteiger partial charge >= 0.3 is 0 Å². The van der Waals surface area contributed by atoms with Crippen molar-refractivity contribution in [1.82, 2.24) is 14.4 Å². The molecule has 0 spiro atoms. The maximum atomic E-state index is 13.7. The number of hydrogen-bond donors (Lipinski definition) is 0. The predicted molar refractivity (Wildman–Crippen MR) is 147 cm³/mol. The van der Waals surface area contributed by atoms with Gasteiger partial charge in [-0.3, -0.25) is 9.59 Å². The molecule has 2 amide bonds. The maximum Gasteiger partial charge on any atom is 0.255 e. The number of nitrogens with zero attached hydrogens (tertiary/aromatic N) is 3. The van der Waals surface area contributed by atoms with Crippen LogP contribution in [0.4, 0.5) is 0 Å². The molecule has 1 aromatic heterocycles. The number of aromatic nitrogens is 1. The van der Waals surface area contributed by atoms with Crippen LogP contribution < -0.4 is 0 Å². The normalized spacial score (nSPS) is 11.4. The maximum absolute atomic E-state index is 13.7. The van der Waals surface area contributed by atoms with Gasteiger partial charge in [-0.05, 0) is 73.5 Å². The zero-order valence-electron chi connectivity index (χ0n) is 21.8.